The minimum Gasteiger partial charge on any atom is -0.468 e. The maximum atomic E-state index is 11.1. The van der Waals surface area contributed by atoms with Crippen molar-refractivity contribution in [1.82, 2.24) is 0 Å². The summed E-state index contributed by atoms with van der Waals surface area (Å²) >= 11 is 3.03. The van der Waals surface area contributed by atoms with Crippen LogP contribution >= 0.6 is 15.9 Å². The maximum Gasteiger partial charge on any atom is 0.319 e. The second-order valence-electron chi connectivity index (χ2n) is 2.63. The summed E-state index contributed by atoms with van der Waals surface area (Å²) in [6.45, 7) is 0. The summed E-state index contributed by atoms with van der Waals surface area (Å²) in [7, 11) is 1.31. The summed E-state index contributed by atoms with van der Waals surface area (Å²) in [6.07, 6.45) is 1.29. The Morgan fingerprint density at radius 2 is 2.09 bits per heavy atom. The lowest BCUT2D eigenvalue weighted by Gasteiger charge is -2.07. The van der Waals surface area contributed by atoms with Gasteiger partial charge in [-0.3, -0.25) is 9.59 Å². The molecular formula is C7H9BrO3. The maximum absolute atomic E-state index is 11.1. The van der Waals surface area contributed by atoms with E-state index in [-0.39, 0.29) is 17.1 Å². The van der Waals surface area contributed by atoms with E-state index in [4.69, 9.17) is 0 Å². The van der Waals surface area contributed by atoms with E-state index in [1.54, 1.807) is 0 Å². The molecule has 0 aromatic carbocycles. The van der Waals surface area contributed by atoms with Gasteiger partial charge in [0.2, 0.25) is 0 Å². The van der Waals surface area contributed by atoms with Crippen molar-refractivity contribution >= 4 is 27.7 Å². The summed E-state index contributed by atoms with van der Waals surface area (Å²) in [5, 5.41) is 0.238. The highest BCUT2D eigenvalue weighted by atomic mass is 79.9. The van der Waals surface area contributed by atoms with Crippen molar-refractivity contribution in [1.29, 1.82) is 0 Å². The Morgan fingerprint density at radius 3 is 2.36 bits per heavy atom. The zero-order chi connectivity index (χ0) is 8.48. The smallest absolute Gasteiger partial charge is 0.319 e. The predicted molar refractivity (Wildman–Crippen MR) is 42.5 cm³/mol. The monoisotopic (exact) mass is 220 g/mol. The fourth-order valence-corrected chi connectivity index (χ4v) is 1.58. The Morgan fingerprint density at radius 1 is 1.55 bits per heavy atom. The molecule has 1 rings (SSSR count). The molecule has 0 aliphatic heterocycles. The molecule has 0 N–H and O–H groups in total. The van der Waals surface area contributed by atoms with Crippen LogP contribution in [0.15, 0.2) is 0 Å². The SMILES string of the molecule is COC(=O)C1(C(=O)CBr)CC1. The zero-order valence-electron chi connectivity index (χ0n) is 6.22. The number of halogens is 1. The Balaban J connectivity index is 2.67. The first-order chi connectivity index (χ1) is 5.17. The first-order valence-electron chi connectivity index (χ1n) is 3.35. The summed E-state index contributed by atoms with van der Waals surface area (Å²) in [5.41, 5.74) is -0.780. The van der Waals surface area contributed by atoms with Gasteiger partial charge in [0.15, 0.2) is 5.78 Å². The van der Waals surface area contributed by atoms with Crippen LogP contribution in [0.3, 0.4) is 0 Å². The minimum absolute atomic E-state index is 0.0654. The number of ketones is 1. The van der Waals surface area contributed by atoms with Crippen LogP contribution in [0.25, 0.3) is 0 Å². The van der Waals surface area contributed by atoms with Gasteiger partial charge in [-0.2, -0.15) is 0 Å². The van der Waals surface area contributed by atoms with E-state index in [2.05, 4.69) is 20.7 Å². The molecule has 0 spiro atoms. The first kappa shape index (κ1) is 8.71. The van der Waals surface area contributed by atoms with Crippen molar-refractivity contribution in [3.63, 3.8) is 0 Å². The summed E-state index contributed by atoms with van der Waals surface area (Å²) in [4.78, 5) is 22.2. The van der Waals surface area contributed by atoms with E-state index in [9.17, 15) is 9.59 Å². The lowest BCUT2D eigenvalue weighted by atomic mass is 10.0. The van der Waals surface area contributed by atoms with Crippen molar-refractivity contribution in [2.24, 2.45) is 5.41 Å². The van der Waals surface area contributed by atoms with E-state index in [0.29, 0.717) is 12.8 Å². The quantitative estimate of drug-likeness (QED) is 0.404. The number of rotatable bonds is 3. The normalized spacial score (nSPS) is 19.1. The van der Waals surface area contributed by atoms with Gasteiger partial charge >= 0.3 is 5.97 Å². The van der Waals surface area contributed by atoms with Gasteiger partial charge in [0.05, 0.1) is 12.4 Å². The van der Waals surface area contributed by atoms with Crippen LogP contribution in [0.4, 0.5) is 0 Å². The molecule has 0 bridgehead atoms. The average Bonchev–Trinajstić information content (AvgIpc) is 2.82. The van der Waals surface area contributed by atoms with Crippen molar-refractivity contribution < 1.29 is 14.3 Å². The molecule has 3 nitrogen and oxygen atoms in total. The molecule has 1 fully saturated rings. The molecule has 62 valence electrons. The van der Waals surface area contributed by atoms with E-state index < -0.39 is 5.41 Å². The minimum atomic E-state index is -0.780. The van der Waals surface area contributed by atoms with Crippen molar-refractivity contribution in [3.05, 3.63) is 0 Å². The second kappa shape index (κ2) is 2.93. The molecule has 0 aromatic heterocycles. The van der Waals surface area contributed by atoms with Gasteiger partial charge in [0, 0.05) is 0 Å². The van der Waals surface area contributed by atoms with Gasteiger partial charge in [-0.05, 0) is 12.8 Å². The Labute approximate surface area is 73.2 Å². The molecular weight excluding hydrogens is 212 g/mol. The molecule has 0 unspecified atom stereocenters. The number of carbonyl (C=O) groups excluding carboxylic acids is 2. The molecule has 0 atom stereocenters. The molecule has 11 heavy (non-hydrogen) atoms. The Bertz CT molecular complexity index is 178. The highest BCUT2D eigenvalue weighted by Crippen LogP contribution is 2.47. The average molecular weight is 221 g/mol. The van der Waals surface area contributed by atoms with E-state index in [1.165, 1.54) is 7.11 Å². The number of hydrogen-bond acceptors (Lipinski definition) is 3. The lowest BCUT2D eigenvalue weighted by molar-refractivity contribution is -0.150. The second-order valence-corrected chi connectivity index (χ2v) is 3.19. The Kier molecular flexibility index (Phi) is 2.32. The number of alkyl halides is 1. The van der Waals surface area contributed by atoms with Crippen LogP contribution in [0, 0.1) is 5.41 Å². The number of esters is 1. The summed E-state index contributed by atoms with van der Waals surface area (Å²) in [5.74, 6) is -0.452. The molecule has 1 aliphatic carbocycles. The zero-order valence-corrected chi connectivity index (χ0v) is 7.81. The lowest BCUT2D eigenvalue weighted by Crippen LogP contribution is -2.27. The third-order valence-electron chi connectivity index (χ3n) is 1.98. The molecule has 0 saturated heterocycles. The van der Waals surface area contributed by atoms with Gasteiger partial charge in [0.25, 0.3) is 0 Å². The molecule has 0 aromatic rings. The highest BCUT2D eigenvalue weighted by Gasteiger charge is 2.56. The molecule has 0 amide bonds. The topological polar surface area (TPSA) is 43.4 Å². The van der Waals surface area contributed by atoms with Crippen molar-refractivity contribution in [2.75, 3.05) is 12.4 Å². The van der Waals surface area contributed by atoms with E-state index in [0.717, 1.165) is 0 Å². The largest absolute Gasteiger partial charge is 0.468 e. The van der Waals surface area contributed by atoms with Crippen molar-refractivity contribution in [3.8, 4) is 0 Å². The van der Waals surface area contributed by atoms with Crippen LogP contribution < -0.4 is 0 Å². The third kappa shape index (κ3) is 1.31. The van der Waals surface area contributed by atoms with E-state index >= 15 is 0 Å². The molecule has 1 aliphatic rings. The first-order valence-corrected chi connectivity index (χ1v) is 4.47. The van der Waals surface area contributed by atoms with Gasteiger partial charge in [-0.1, -0.05) is 15.9 Å². The van der Waals surface area contributed by atoms with E-state index in [1.807, 2.05) is 0 Å². The van der Waals surface area contributed by atoms with Crippen molar-refractivity contribution in [2.45, 2.75) is 12.8 Å². The number of carbonyl (C=O) groups is 2. The Hall–Kier alpha value is -0.380. The highest BCUT2D eigenvalue weighted by molar-refractivity contribution is 9.09. The number of ether oxygens (including phenoxy) is 1. The van der Waals surface area contributed by atoms with Crippen LogP contribution in [0.5, 0.6) is 0 Å². The molecule has 4 heteroatoms. The number of hydrogen-bond donors (Lipinski definition) is 0. The molecule has 0 heterocycles. The predicted octanol–water partition coefficient (Wildman–Crippen LogP) is 0.904. The fraction of sp³-hybridized carbons (Fsp3) is 0.714. The van der Waals surface area contributed by atoms with Gasteiger partial charge in [0.1, 0.15) is 5.41 Å². The van der Waals surface area contributed by atoms with Crippen LogP contribution in [-0.4, -0.2) is 24.2 Å². The van der Waals surface area contributed by atoms with Crippen LogP contribution in [-0.2, 0) is 14.3 Å². The molecule has 0 radical (unpaired) electrons. The number of Topliss-reactive ketones (excluding diaryl/α,β-unsaturated/α-hetero) is 1. The summed E-state index contributed by atoms with van der Waals surface area (Å²) < 4.78 is 4.52. The molecule has 1 saturated carbocycles. The third-order valence-corrected chi connectivity index (χ3v) is 2.49. The fourth-order valence-electron chi connectivity index (χ4n) is 1.05. The van der Waals surface area contributed by atoms with Crippen LogP contribution in [0.1, 0.15) is 12.8 Å². The van der Waals surface area contributed by atoms with Crippen LogP contribution in [0.2, 0.25) is 0 Å². The van der Waals surface area contributed by atoms with Gasteiger partial charge in [-0.15, -0.1) is 0 Å². The number of methoxy groups -OCH3 is 1. The van der Waals surface area contributed by atoms with Gasteiger partial charge < -0.3 is 4.74 Å². The van der Waals surface area contributed by atoms with Gasteiger partial charge in [-0.25, -0.2) is 0 Å². The summed E-state index contributed by atoms with van der Waals surface area (Å²) in [6, 6.07) is 0. The standard InChI is InChI=1S/C7H9BrO3/c1-11-6(10)7(2-3-7)5(9)4-8/h2-4H2,1H3.